The van der Waals surface area contributed by atoms with Crippen LogP contribution in [0.25, 0.3) is 0 Å². The molecule has 0 radical (unpaired) electrons. The van der Waals surface area contributed by atoms with E-state index < -0.39 is 0 Å². The van der Waals surface area contributed by atoms with Crippen LogP contribution >= 0.6 is 0 Å². The Bertz CT molecular complexity index is 449. The monoisotopic (exact) mass is 288 g/mol. The molecule has 0 aromatic heterocycles. The van der Waals surface area contributed by atoms with Crippen molar-refractivity contribution >= 4 is 5.69 Å². The van der Waals surface area contributed by atoms with Gasteiger partial charge in [-0.3, -0.25) is 0 Å². The first-order chi connectivity index (χ1) is 10.4. The molecule has 3 rings (SSSR count). The highest BCUT2D eigenvalue weighted by atomic mass is 16.5. The van der Waals surface area contributed by atoms with Crippen molar-refractivity contribution in [2.24, 2.45) is 0 Å². The van der Waals surface area contributed by atoms with E-state index in [0.29, 0.717) is 12.2 Å². The summed E-state index contributed by atoms with van der Waals surface area (Å²) < 4.78 is 6.22. The average molecular weight is 288 g/mol. The number of nitrogens with zero attached hydrogens (tertiary/aromatic N) is 1. The van der Waals surface area contributed by atoms with Gasteiger partial charge in [0.25, 0.3) is 0 Å². The molecule has 1 fully saturated rings. The normalized spacial score (nSPS) is 25.7. The molecule has 2 atom stereocenters. The molecule has 3 nitrogen and oxygen atoms in total. The summed E-state index contributed by atoms with van der Waals surface area (Å²) in [5.74, 6) is 0. The number of likely N-dealkylation sites (N-methyl/N-ethyl adjacent to an activating group) is 1. The largest absolute Gasteiger partial charge is 0.372 e. The van der Waals surface area contributed by atoms with E-state index in [9.17, 15) is 0 Å². The first-order valence-electron chi connectivity index (χ1n) is 8.56. The zero-order chi connectivity index (χ0) is 14.5. The second-order valence-corrected chi connectivity index (χ2v) is 6.30. The third-order valence-corrected chi connectivity index (χ3v) is 4.70. The summed E-state index contributed by atoms with van der Waals surface area (Å²) in [6.07, 6.45) is 7.05. The van der Waals surface area contributed by atoms with Gasteiger partial charge < -0.3 is 15.0 Å². The van der Waals surface area contributed by atoms with Crippen molar-refractivity contribution in [2.75, 3.05) is 31.1 Å². The Balaban J connectivity index is 1.60. The van der Waals surface area contributed by atoms with Crippen LogP contribution in [-0.4, -0.2) is 38.4 Å². The number of fused-ring (bicyclic) bond motifs is 1. The van der Waals surface area contributed by atoms with Gasteiger partial charge in [0.15, 0.2) is 0 Å². The fraction of sp³-hybridized carbons (Fsp3) is 0.667. The Hall–Kier alpha value is -1.06. The lowest BCUT2D eigenvalue weighted by atomic mass is 10.1. The molecule has 1 saturated heterocycles. The van der Waals surface area contributed by atoms with Gasteiger partial charge in [-0.05, 0) is 50.3 Å². The van der Waals surface area contributed by atoms with Crippen molar-refractivity contribution in [3.05, 3.63) is 29.8 Å². The SMILES string of the molecule is CCNCC1CCC(CN2CCCCc3ccccc32)O1. The van der Waals surface area contributed by atoms with Crippen LogP contribution in [0.5, 0.6) is 0 Å². The maximum atomic E-state index is 6.22. The fourth-order valence-electron chi connectivity index (χ4n) is 3.57. The van der Waals surface area contributed by atoms with Crippen LogP contribution in [0.3, 0.4) is 0 Å². The molecule has 21 heavy (non-hydrogen) atoms. The number of benzene rings is 1. The molecule has 116 valence electrons. The second-order valence-electron chi connectivity index (χ2n) is 6.30. The molecule has 2 aliphatic heterocycles. The van der Waals surface area contributed by atoms with Crippen molar-refractivity contribution in [3.8, 4) is 0 Å². The van der Waals surface area contributed by atoms with E-state index in [4.69, 9.17) is 4.74 Å². The number of para-hydroxylation sites is 1. The summed E-state index contributed by atoms with van der Waals surface area (Å²) in [7, 11) is 0. The maximum Gasteiger partial charge on any atom is 0.0755 e. The Labute approximate surface area is 128 Å². The number of nitrogens with one attached hydrogen (secondary N) is 1. The van der Waals surface area contributed by atoms with E-state index in [1.165, 1.54) is 49.9 Å². The van der Waals surface area contributed by atoms with Crippen LogP contribution in [0.15, 0.2) is 24.3 Å². The highest BCUT2D eigenvalue weighted by Gasteiger charge is 2.27. The van der Waals surface area contributed by atoms with Gasteiger partial charge in [0.2, 0.25) is 0 Å². The zero-order valence-corrected chi connectivity index (χ0v) is 13.2. The van der Waals surface area contributed by atoms with Gasteiger partial charge in [0, 0.05) is 25.3 Å². The predicted molar refractivity (Wildman–Crippen MR) is 88.0 cm³/mol. The van der Waals surface area contributed by atoms with Gasteiger partial charge >= 0.3 is 0 Å². The van der Waals surface area contributed by atoms with Gasteiger partial charge in [0.05, 0.1) is 12.2 Å². The summed E-state index contributed by atoms with van der Waals surface area (Å²) in [5, 5.41) is 3.40. The van der Waals surface area contributed by atoms with Crippen LogP contribution < -0.4 is 10.2 Å². The standard InChI is InChI=1S/C18H28N2O/c1-2-19-13-16-10-11-17(21-16)14-20-12-6-5-8-15-7-3-4-9-18(15)20/h3-4,7,9,16-17,19H,2,5-6,8,10-14H2,1H3. The third-order valence-electron chi connectivity index (χ3n) is 4.70. The summed E-state index contributed by atoms with van der Waals surface area (Å²) in [5.41, 5.74) is 2.95. The molecule has 2 aliphatic rings. The molecule has 0 saturated carbocycles. The molecule has 0 aliphatic carbocycles. The number of aryl methyl sites for hydroxylation is 1. The quantitative estimate of drug-likeness (QED) is 0.901. The number of rotatable bonds is 5. The Morgan fingerprint density at radius 1 is 1.19 bits per heavy atom. The summed E-state index contributed by atoms with van der Waals surface area (Å²) in [6, 6.07) is 8.91. The summed E-state index contributed by atoms with van der Waals surface area (Å²) in [4.78, 5) is 2.56. The van der Waals surface area contributed by atoms with Crippen LogP contribution in [0, 0.1) is 0 Å². The van der Waals surface area contributed by atoms with Gasteiger partial charge in [0.1, 0.15) is 0 Å². The molecular weight excluding hydrogens is 260 g/mol. The Morgan fingerprint density at radius 3 is 2.95 bits per heavy atom. The lowest BCUT2D eigenvalue weighted by Gasteiger charge is -2.28. The van der Waals surface area contributed by atoms with Gasteiger partial charge in [-0.15, -0.1) is 0 Å². The molecule has 1 aromatic rings. The molecular formula is C18H28N2O. The van der Waals surface area contributed by atoms with E-state index in [2.05, 4.69) is 41.4 Å². The van der Waals surface area contributed by atoms with Gasteiger partial charge in [-0.2, -0.15) is 0 Å². The maximum absolute atomic E-state index is 6.22. The topological polar surface area (TPSA) is 24.5 Å². The van der Waals surface area contributed by atoms with Gasteiger partial charge in [-0.25, -0.2) is 0 Å². The van der Waals surface area contributed by atoms with E-state index >= 15 is 0 Å². The molecule has 2 unspecified atom stereocenters. The van der Waals surface area contributed by atoms with Crippen molar-refractivity contribution < 1.29 is 4.74 Å². The van der Waals surface area contributed by atoms with Crippen molar-refractivity contribution in [2.45, 2.75) is 51.2 Å². The average Bonchev–Trinajstić information content (AvgIpc) is 2.86. The third kappa shape index (κ3) is 3.78. The lowest BCUT2D eigenvalue weighted by molar-refractivity contribution is 0.0497. The first-order valence-corrected chi connectivity index (χ1v) is 8.56. The van der Waals surface area contributed by atoms with Crippen molar-refractivity contribution in [1.29, 1.82) is 0 Å². The number of hydrogen-bond donors (Lipinski definition) is 1. The highest BCUT2D eigenvalue weighted by molar-refractivity contribution is 5.54. The van der Waals surface area contributed by atoms with Crippen LogP contribution in [-0.2, 0) is 11.2 Å². The van der Waals surface area contributed by atoms with E-state index in [-0.39, 0.29) is 0 Å². The first kappa shape index (κ1) is 14.9. The summed E-state index contributed by atoms with van der Waals surface area (Å²) >= 11 is 0. The molecule has 0 spiro atoms. The second kappa shape index (κ2) is 7.28. The highest BCUT2D eigenvalue weighted by Crippen LogP contribution is 2.28. The molecule has 1 aromatic carbocycles. The van der Waals surface area contributed by atoms with Crippen molar-refractivity contribution in [1.82, 2.24) is 5.32 Å². The minimum Gasteiger partial charge on any atom is -0.372 e. The van der Waals surface area contributed by atoms with Crippen LogP contribution in [0.2, 0.25) is 0 Å². The zero-order valence-electron chi connectivity index (χ0n) is 13.2. The lowest BCUT2D eigenvalue weighted by Crippen LogP contribution is -2.34. The molecule has 1 N–H and O–H groups in total. The molecule has 0 bridgehead atoms. The van der Waals surface area contributed by atoms with Crippen molar-refractivity contribution in [3.63, 3.8) is 0 Å². The van der Waals surface area contributed by atoms with Crippen LogP contribution in [0.4, 0.5) is 5.69 Å². The number of anilines is 1. The van der Waals surface area contributed by atoms with Crippen LogP contribution in [0.1, 0.15) is 38.2 Å². The molecule has 0 amide bonds. The summed E-state index contributed by atoms with van der Waals surface area (Å²) in [6.45, 7) is 6.42. The predicted octanol–water partition coefficient (Wildman–Crippen LogP) is 2.99. The molecule has 2 heterocycles. The minimum absolute atomic E-state index is 0.403. The Morgan fingerprint density at radius 2 is 2.05 bits per heavy atom. The van der Waals surface area contributed by atoms with E-state index in [1.54, 1.807) is 0 Å². The molecule has 3 heteroatoms. The van der Waals surface area contributed by atoms with Gasteiger partial charge in [-0.1, -0.05) is 25.1 Å². The Kier molecular flexibility index (Phi) is 5.15. The van der Waals surface area contributed by atoms with E-state index in [1.807, 2.05) is 0 Å². The fourth-order valence-corrected chi connectivity index (χ4v) is 3.57. The smallest absolute Gasteiger partial charge is 0.0755 e. The van der Waals surface area contributed by atoms with E-state index in [0.717, 1.165) is 19.6 Å². The minimum atomic E-state index is 0.403. The number of hydrogen-bond acceptors (Lipinski definition) is 3. The number of ether oxygens (including phenoxy) is 1.